The SMILES string of the molecule is Cc1ccc(N(C)CCN(Cc2ccc(OC(C)(C)C(=O)O)cc2)Cc2ccco2)c(C)c1. The zero-order valence-electron chi connectivity index (χ0n) is 20.2. The number of benzene rings is 2. The lowest BCUT2D eigenvalue weighted by molar-refractivity contribution is -0.152. The van der Waals surface area contributed by atoms with Crippen molar-refractivity contribution in [1.29, 1.82) is 0 Å². The Morgan fingerprint density at radius 3 is 2.36 bits per heavy atom. The van der Waals surface area contributed by atoms with E-state index < -0.39 is 11.6 Å². The van der Waals surface area contributed by atoms with Gasteiger partial charge in [-0.15, -0.1) is 0 Å². The van der Waals surface area contributed by atoms with Crippen molar-refractivity contribution in [2.75, 3.05) is 25.0 Å². The van der Waals surface area contributed by atoms with Crippen LogP contribution >= 0.6 is 0 Å². The molecule has 6 heteroatoms. The highest BCUT2D eigenvalue weighted by atomic mass is 16.5. The van der Waals surface area contributed by atoms with Crippen molar-refractivity contribution < 1.29 is 19.1 Å². The standard InChI is InChI=1S/C27H34N2O4/c1-20-8-13-25(21(2)17-20)28(5)14-15-29(19-24-7-6-16-32-24)18-22-9-11-23(12-10-22)33-27(3,4)26(30)31/h6-13,16-17H,14-15,18-19H2,1-5H3,(H,30,31). The fraction of sp³-hybridized carbons (Fsp3) is 0.370. The van der Waals surface area contributed by atoms with Crippen LogP contribution < -0.4 is 9.64 Å². The number of carboxylic acids is 1. The molecule has 0 saturated carbocycles. The Kier molecular flexibility index (Phi) is 7.82. The first kappa shape index (κ1) is 24.4. The molecule has 0 spiro atoms. The van der Waals surface area contributed by atoms with E-state index in [1.54, 1.807) is 20.1 Å². The Bertz CT molecular complexity index is 1040. The second kappa shape index (κ2) is 10.6. The number of hydrogen-bond acceptors (Lipinski definition) is 5. The molecule has 0 aliphatic rings. The minimum absolute atomic E-state index is 0.540. The first-order chi connectivity index (χ1) is 15.6. The minimum atomic E-state index is -1.27. The predicted octanol–water partition coefficient (Wildman–Crippen LogP) is 5.28. The molecule has 1 aromatic heterocycles. The van der Waals surface area contributed by atoms with E-state index in [0.717, 1.165) is 31.0 Å². The minimum Gasteiger partial charge on any atom is -0.478 e. The van der Waals surface area contributed by atoms with E-state index in [2.05, 4.69) is 48.9 Å². The molecule has 6 nitrogen and oxygen atoms in total. The number of aliphatic carboxylic acids is 1. The van der Waals surface area contributed by atoms with Crippen LogP contribution in [-0.4, -0.2) is 41.7 Å². The maximum atomic E-state index is 11.3. The highest BCUT2D eigenvalue weighted by Gasteiger charge is 2.29. The molecule has 0 amide bonds. The largest absolute Gasteiger partial charge is 0.478 e. The van der Waals surface area contributed by atoms with Gasteiger partial charge in [0.25, 0.3) is 0 Å². The maximum Gasteiger partial charge on any atom is 0.347 e. The van der Waals surface area contributed by atoms with E-state index in [0.29, 0.717) is 12.3 Å². The Hall–Kier alpha value is -3.25. The van der Waals surface area contributed by atoms with Crippen molar-refractivity contribution in [2.24, 2.45) is 0 Å². The molecule has 0 unspecified atom stereocenters. The summed E-state index contributed by atoms with van der Waals surface area (Å²) in [6.45, 7) is 10.5. The van der Waals surface area contributed by atoms with E-state index in [9.17, 15) is 9.90 Å². The van der Waals surface area contributed by atoms with Crippen LogP contribution in [0.1, 0.15) is 36.3 Å². The molecule has 0 aliphatic carbocycles. The third kappa shape index (κ3) is 6.86. The number of ether oxygens (including phenoxy) is 1. The van der Waals surface area contributed by atoms with Gasteiger partial charge in [0, 0.05) is 32.4 Å². The fourth-order valence-corrected chi connectivity index (χ4v) is 3.74. The van der Waals surface area contributed by atoms with E-state index in [-0.39, 0.29) is 0 Å². The summed E-state index contributed by atoms with van der Waals surface area (Å²) in [5.74, 6) is 0.467. The van der Waals surface area contributed by atoms with Crippen LogP contribution in [0.4, 0.5) is 5.69 Å². The quantitative estimate of drug-likeness (QED) is 0.429. The third-order valence-electron chi connectivity index (χ3n) is 5.69. The molecule has 0 atom stereocenters. The molecule has 3 rings (SSSR count). The number of carboxylic acid groups (broad SMARTS) is 1. The lowest BCUT2D eigenvalue weighted by atomic mass is 10.1. The van der Waals surface area contributed by atoms with Crippen LogP contribution in [0, 0.1) is 13.8 Å². The zero-order valence-corrected chi connectivity index (χ0v) is 20.2. The van der Waals surface area contributed by atoms with E-state index in [4.69, 9.17) is 9.15 Å². The number of likely N-dealkylation sites (N-methyl/N-ethyl adjacent to an activating group) is 1. The average molecular weight is 451 g/mol. The molecule has 0 fully saturated rings. The number of aryl methyl sites for hydroxylation is 2. The van der Waals surface area contributed by atoms with Crippen LogP contribution in [0.5, 0.6) is 5.75 Å². The van der Waals surface area contributed by atoms with Gasteiger partial charge in [0.15, 0.2) is 5.60 Å². The Labute approximate surface area is 196 Å². The number of anilines is 1. The topological polar surface area (TPSA) is 66.2 Å². The molecule has 176 valence electrons. The van der Waals surface area contributed by atoms with E-state index in [1.165, 1.54) is 16.8 Å². The van der Waals surface area contributed by atoms with Crippen molar-refractivity contribution in [1.82, 2.24) is 4.90 Å². The molecule has 0 bridgehead atoms. The van der Waals surface area contributed by atoms with Crippen LogP contribution in [0.15, 0.2) is 65.3 Å². The molecular weight excluding hydrogens is 416 g/mol. The number of nitrogens with zero attached hydrogens (tertiary/aromatic N) is 2. The van der Waals surface area contributed by atoms with E-state index >= 15 is 0 Å². The van der Waals surface area contributed by atoms with Crippen molar-refractivity contribution in [2.45, 2.75) is 46.4 Å². The van der Waals surface area contributed by atoms with Gasteiger partial charge >= 0.3 is 5.97 Å². The van der Waals surface area contributed by atoms with Crippen LogP contribution in [0.2, 0.25) is 0 Å². The van der Waals surface area contributed by atoms with Crippen molar-refractivity contribution in [3.05, 3.63) is 83.3 Å². The predicted molar refractivity (Wildman–Crippen MR) is 131 cm³/mol. The third-order valence-corrected chi connectivity index (χ3v) is 5.69. The lowest BCUT2D eigenvalue weighted by Gasteiger charge is -2.27. The summed E-state index contributed by atoms with van der Waals surface area (Å²) in [4.78, 5) is 15.9. The van der Waals surface area contributed by atoms with Gasteiger partial charge in [-0.2, -0.15) is 0 Å². The van der Waals surface area contributed by atoms with Gasteiger partial charge in [-0.25, -0.2) is 4.79 Å². The average Bonchev–Trinajstić information content (AvgIpc) is 3.26. The van der Waals surface area contributed by atoms with E-state index in [1.807, 2.05) is 36.4 Å². The summed E-state index contributed by atoms with van der Waals surface area (Å²) in [7, 11) is 2.12. The second-order valence-corrected chi connectivity index (χ2v) is 9.06. The molecule has 1 N–H and O–H groups in total. The second-order valence-electron chi connectivity index (χ2n) is 9.06. The zero-order chi connectivity index (χ0) is 24.0. The fourth-order valence-electron chi connectivity index (χ4n) is 3.74. The Balaban J connectivity index is 1.67. The van der Waals surface area contributed by atoms with Gasteiger partial charge in [0.05, 0.1) is 12.8 Å². The van der Waals surface area contributed by atoms with Crippen LogP contribution in [-0.2, 0) is 17.9 Å². The van der Waals surface area contributed by atoms with Gasteiger partial charge in [0.2, 0.25) is 0 Å². The number of furan rings is 1. The first-order valence-electron chi connectivity index (χ1n) is 11.2. The number of rotatable bonds is 11. The van der Waals surface area contributed by atoms with Crippen LogP contribution in [0.3, 0.4) is 0 Å². The van der Waals surface area contributed by atoms with Crippen molar-refractivity contribution in [3.63, 3.8) is 0 Å². The maximum absolute atomic E-state index is 11.3. The monoisotopic (exact) mass is 450 g/mol. The summed E-state index contributed by atoms with van der Waals surface area (Å²) in [5, 5.41) is 9.27. The molecule has 0 radical (unpaired) electrons. The normalized spacial score (nSPS) is 11.6. The van der Waals surface area contributed by atoms with Crippen molar-refractivity contribution in [3.8, 4) is 5.75 Å². The summed E-state index contributed by atoms with van der Waals surface area (Å²) >= 11 is 0. The summed E-state index contributed by atoms with van der Waals surface area (Å²) in [6.07, 6.45) is 1.70. The number of carbonyl (C=O) groups is 1. The Morgan fingerprint density at radius 1 is 1.03 bits per heavy atom. The summed E-state index contributed by atoms with van der Waals surface area (Å²) in [6, 6.07) is 18.1. The van der Waals surface area contributed by atoms with Gasteiger partial charge in [-0.05, 0) is 69.2 Å². The van der Waals surface area contributed by atoms with Gasteiger partial charge < -0.3 is 19.2 Å². The van der Waals surface area contributed by atoms with Gasteiger partial charge in [0.1, 0.15) is 11.5 Å². The highest BCUT2D eigenvalue weighted by molar-refractivity contribution is 5.76. The molecule has 3 aromatic rings. The highest BCUT2D eigenvalue weighted by Crippen LogP contribution is 2.22. The first-order valence-corrected chi connectivity index (χ1v) is 11.2. The molecule has 0 aliphatic heterocycles. The smallest absolute Gasteiger partial charge is 0.347 e. The molecule has 33 heavy (non-hydrogen) atoms. The molecule has 1 heterocycles. The van der Waals surface area contributed by atoms with Gasteiger partial charge in [-0.3, -0.25) is 4.90 Å². The summed E-state index contributed by atoms with van der Waals surface area (Å²) < 4.78 is 11.2. The summed E-state index contributed by atoms with van der Waals surface area (Å²) in [5.41, 5.74) is 3.63. The molecule has 0 saturated heterocycles. The lowest BCUT2D eigenvalue weighted by Crippen LogP contribution is -2.37. The Morgan fingerprint density at radius 2 is 1.76 bits per heavy atom. The molecule has 2 aromatic carbocycles. The van der Waals surface area contributed by atoms with Crippen LogP contribution in [0.25, 0.3) is 0 Å². The van der Waals surface area contributed by atoms with Crippen molar-refractivity contribution >= 4 is 11.7 Å². The van der Waals surface area contributed by atoms with Gasteiger partial charge in [-0.1, -0.05) is 29.8 Å². The molecular formula is C27H34N2O4. The number of hydrogen-bond donors (Lipinski definition) is 1.